The first kappa shape index (κ1) is 24.0. The minimum Gasteiger partial charge on any atom is -0.476 e. The molecule has 2 amide bonds. The highest BCUT2D eigenvalue weighted by Gasteiger charge is 2.30. The number of amides is 2. The Kier molecular flexibility index (Phi) is 7.14. The molecule has 182 valence electrons. The molecule has 35 heavy (non-hydrogen) atoms. The lowest BCUT2D eigenvalue weighted by molar-refractivity contribution is -0.118. The maximum atomic E-state index is 12.9. The van der Waals surface area contributed by atoms with Crippen LogP contribution < -0.4 is 10.6 Å². The molecule has 4 rings (SSSR count). The number of unbranched alkanes of at least 4 members (excludes halogenated alkanes) is 1. The highest BCUT2D eigenvalue weighted by molar-refractivity contribution is 6.01. The molecule has 1 atom stereocenters. The lowest BCUT2D eigenvalue weighted by Gasteiger charge is -2.19. The highest BCUT2D eigenvalue weighted by atomic mass is 16.5. The van der Waals surface area contributed by atoms with Crippen LogP contribution in [0.4, 0.5) is 10.5 Å². The van der Waals surface area contributed by atoms with E-state index in [9.17, 15) is 19.5 Å². The summed E-state index contributed by atoms with van der Waals surface area (Å²) in [4.78, 5) is 37.0. The van der Waals surface area contributed by atoms with E-state index in [4.69, 9.17) is 4.74 Å². The van der Waals surface area contributed by atoms with E-state index in [1.807, 2.05) is 43.3 Å². The number of rotatable bonds is 9. The second-order valence-corrected chi connectivity index (χ2v) is 8.52. The number of nitrogens with one attached hydrogen (secondary N) is 2. The third kappa shape index (κ3) is 5.18. The zero-order valence-corrected chi connectivity index (χ0v) is 19.7. The Balaban J connectivity index is 1.43. The second-order valence-electron chi connectivity index (χ2n) is 8.52. The van der Waals surface area contributed by atoms with E-state index in [0.29, 0.717) is 12.8 Å². The number of carboxylic acid groups (broad SMARTS) is 1. The summed E-state index contributed by atoms with van der Waals surface area (Å²) in [6.07, 6.45) is 2.61. The molecule has 1 aliphatic carbocycles. The molecule has 0 radical (unpaired) electrons. The largest absolute Gasteiger partial charge is 0.476 e. The lowest BCUT2D eigenvalue weighted by atomic mass is 9.98. The fourth-order valence-corrected chi connectivity index (χ4v) is 4.42. The van der Waals surface area contributed by atoms with Crippen molar-refractivity contribution in [2.75, 3.05) is 11.9 Å². The van der Waals surface area contributed by atoms with Gasteiger partial charge >= 0.3 is 12.1 Å². The van der Waals surface area contributed by atoms with Gasteiger partial charge in [0.25, 0.3) is 0 Å². The molecule has 3 aromatic rings. The minimum atomic E-state index is -1.25. The van der Waals surface area contributed by atoms with E-state index in [-0.39, 0.29) is 23.9 Å². The van der Waals surface area contributed by atoms with Gasteiger partial charge < -0.3 is 20.5 Å². The summed E-state index contributed by atoms with van der Waals surface area (Å²) in [5, 5.41) is 18.4. The highest BCUT2D eigenvalue weighted by Crippen LogP contribution is 2.44. The van der Waals surface area contributed by atoms with Crippen LogP contribution in [-0.4, -0.2) is 45.5 Å². The first-order valence-electron chi connectivity index (χ1n) is 11.6. The molecule has 1 aliphatic rings. The van der Waals surface area contributed by atoms with Crippen molar-refractivity contribution in [2.45, 2.75) is 38.1 Å². The number of carbonyl (C=O) groups is 3. The fraction of sp³-hybridized carbons (Fsp3) is 0.308. The lowest BCUT2D eigenvalue weighted by Crippen LogP contribution is -2.44. The number of carboxylic acids is 1. The van der Waals surface area contributed by atoms with Gasteiger partial charge in [-0.15, -0.1) is 0 Å². The van der Waals surface area contributed by atoms with Crippen LogP contribution in [0.15, 0.2) is 54.7 Å². The molecular weight excluding hydrogens is 448 g/mol. The number of nitrogens with zero attached hydrogens (tertiary/aromatic N) is 2. The number of aromatic carboxylic acids is 1. The first-order valence-corrected chi connectivity index (χ1v) is 11.6. The number of hydrogen-bond donors (Lipinski definition) is 3. The number of hydrogen-bond acceptors (Lipinski definition) is 5. The number of anilines is 1. The summed E-state index contributed by atoms with van der Waals surface area (Å²) >= 11 is 0. The van der Waals surface area contributed by atoms with Gasteiger partial charge in [0.05, 0.1) is 5.69 Å². The van der Waals surface area contributed by atoms with E-state index in [2.05, 4.69) is 27.9 Å². The molecular formula is C26H28N4O5. The number of aromatic nitrogens is 2. The topological polar surface area (TPSA) is 123 Å². The molecule has 3 N–H and O–H groups in total. The van der Waals surface area contributed by atoms with E-state index in [0.717, 1.165) is 28.7 Å². The summed E-state index contributed by atoms with van der Waals surface area (Å²) in [5.41, 5.74) is 4.25. The quantitative estimate of drug-likeness (QED) is 0.426. The SMILES string of the molecule is CCCC[C@H](NC(=O)OCC1c2ccccc2-c2ccccc21)C(=O)Nc1cn(C)nc1C(=O)O. The number of carbonyl (C=O) groups excluding carboxylic acids is 2. The molecule has 0 aliphatic heterocycles. The van der Waals surface area contributed by atoms with E-state index in [1.54, 1.807) is 7.05 Å². The number of ether oxygens (including phenoxy) is 1. The van der Waals surface area contributed by atoms with Crippen molar-refractivity contribution in [2.24, 2.45) is 7.05 Å². The number of fused-ring (bicyclic) bond motifs is 3. The van der Waals surface area contributed by atoms with Gasteiger partial charge in [-0.25, -0.2) is 9.59 Å². The molecule has 0 saturated heterocycles. The normalized spacial score (nSPS) is 13.0. The standard InChI is InChI=1S/C26H28N4O5/c1-3-4-13-21(24(31)27-22-14-30(2)29-23(22)25(32)33)28-26(34)35-15-20-18-11-7-5-9-16(18)17-10-6-8-12-19(17)20/h5-12,14,20-21H,3-4,13,15H2,1-2H3,(H,27,31)(H,28,34)(H,32,33)/t21-/m0/s1. The monoisotopic (exact) mass is 476 g/mol. The van der Waals surface area contributed by atoms with Gasteiger partial charge in [-0.05, 0) is 28.7 Å². The van der Waals surface area contributed by atoms with Crippen LogP contribution in [0.5, 0.6) is 0 Å². The third-order valence-electron chi connectivity index (χ3n) is 6.09. The Morgan fingerprint density at radius 3 is 2.31 bits per heavy atom. The Morgan fingerprint density at radius 1 is 1.09 bits per heavy atom. The Bertz CT molecular complexity index is 1210. The summed E-state index contributed by atoms with van der Waals surface area (Å²) in [7, 11) is 1.56. The van der Waals surface area contributed by atoms with Crippen molar-refractivity contribution in [1.29, 1.82) is 0 Å². The van der Waals surface area contributed by atoms with Gasteiger partial charge in [-0.3, -0.25) is 9.48 Å². The first-order chi connectivity index (χ1) is 16.9. The van der Waals surface area contributed by atoms with Gasteiger partial charge in [0.2, 0.25) is 5.91 Å². The van der Waals surface area contributed by atoms with Crippen molar-refractivity contribution >= 4 is 23.7 Å². The minimum absolute atomic E-state index is 0.0702. The third-order valence-corrected chi connectivity index (χ3v) is 6.09. The molecule has 0 unspecified atom stereocenters. The number of aryl methyl sites for hydroxylation is 1. The Hall–Kier alpha value is -4.14. The van der Waals surface area contributed by atoms with Crippen molar-refractivity contribution in [3.63, 3.8) is 0 Å². The molecule has 0 saturated carbocycles. The van der Waals surface area contributed by atoms with E-state index in [1.165, 1.54) is 10.9 Å². The molecule has 0 bridgehead atoms. The summed E-state index contributed by atoms with van der Waals surface area (Å²) in [5.74, 6) is -1.87. The van der Waals surface area contributed by atoms with Gasteiger partial charge in [0.1, 0.15) is 12.6 Å². The van der Waals surface area contributed by atoms with Crippen LogP contribution in [0.25, 0.3) is 11.1 Å². The van der Waals surface area contributed by atoms with Crippen LogP contribution in [0.1, 0.15) is 53.7 Å². The van der Waals surface area contributed by atoms with Crippen LogP contribution in [0.2, 0.25) is 0 Å². The second kappa shape index (κ2) is 10.4. The fourth-order valence-electron chi connectivity index (χ4n) is 4.42. The van der Waals surface area contributed by atoms with Crippen LogP contribution in [0.3, 0.4) is 0 Å². The summed E-state index contributed by atoms with van der Waals surface area (Å²) in [6.45, 7) is 2.11. The average Bonchev–Trinajstić information content (AvgIpc) is 3.37. The average molecular weight is 477 g/mol. The van der Waals surface area contributed by atoms with E-state index >= 15 is 0 Å². The van der Waals surface area contributed by atoms with Gasteiger partial charge in [-0.1, -0.05) is 68.3 Å². The Labute approximate surface area is 203 Å². The molecule has 0 spiro atoms. The van der Waals surface area contributed by atoms with E-state index < -0.39 is 24.0 Å². The zero-order chi connectivity index (χ0) is 24.9. The zero-order valence-electron chi connectivity index (χ0n) is 19.7. The predicted octanol–water partition coefficient (Wildman–Crippen LogP) is 4.15. The smallest absolute Gasteiger partial charge is 0.407 e. The summed E-state index contributed by atoms with van der Waals surface area (Å²) < 4.78 is 6.88. The van der Waals surface area contributed by atoms with Crippen molar-refractivity contribution in [1.82, 2.24) is 15.1 Å². The van der Waals surface area contributed by atoms with Crippen LogP contribution >= 0.6 is 0 Å². The maximum Gasteiger partial charge on any atom is 0.407 e. The van der Waals surface area contributed by atoms with Crippen LogP contribution in [0, 0.1) is 0 Å². The molecule has 1 heterocycles. The predicted molar refractivity (Wildman–Crippen MR) is 130 cm³/mol. The van der Waals surface area contributed by atoms with Crippen molar-refractivity contribution in [3.05, 3.63) is 71.5 Å². The molecule has 0 fully saturated rings. The summed E-state index contributed by atoms with van der Waals surface area (Å²) in [6, 6.07) is 15.2. The molecule has 9 nitrogen and oxygen atoms in total. The van der Waals surface area contributed by atoms with Gasteiger partial charge in [-0.2, -0.15) is 5.10 Å². The van der Waals surface area contributed by atoms with Crippen LogP contribution in [-0.2, 0) is 16.6 Å². The molecule has 9 heteroatoms. The van der Waals surface area contributed by atoms with Gasteiger partial charge in [0, 0.05) is 19.2 Å². The molecule has 1 aromatic heterocycles. The number of benzene rings is 2. The Morgan fingerprint density at radius 2 is 1.71 bits per heavy atom. The maximum absolute atomic E-state index is 12.9. The van der Waals surface area contributed by atoms with Gasteiger partial charge in [0.15, 0.2) is 5.69 Å². The number of alkyl carbamates (subject to hydrolysis) is 1. The van der Waals surface area contributed by atoms with Crippen molar-refractivity contribution in [3.8, 4) is 11.1 Å². The molecule has 2 aromatic carbocycles. The van der Waals surface area contributed by atoms with Crippen molar-refractivity contribution < 1.29 is 24.2 Å².